The number of aryl methyl sites for hydroxylation is 1. The van der Waals surface area contributed by atoms with Crippen LogP contribution in [0.4, 0.5) is 24.5 Å². The molecule has 1 heterocycles. The molecule has 0 saturated carbocycles. The lowest BCUT2D eigenvalue weighted by atomic mass is 10.1. The van der Waals surface area contributed by atoms with Gasteiger partial charge in [-0.25, -0.2) is 0 Å². The first-order valence-electron chi connectivity index (χ1n) is 9.04. The Morgan fingerprint density at radius 1 is 1.18 bits per heavy atom. The fourth-order valence-corrected chi connectivity index (χ4v) is 3.55. The van der Waals surface area contributed by atoms with E-state index in [0.717, 1.165) is 22.2 Å². The number of piperazine rings is 1. The van der Waals surface area contributed by atoms with Gasteiger partial charge in [0.05, 0.1) is 31.7 Å². The first-order chi connectivity index (χ1) is 13.2. The molecule has 8 heteroatoms. The van der Waals surface area contributed by atoms with E-state index in [1.54, 1.807) is 24.3 Å². The third kappa shape index (κ3) is 5.17. The zero-order valence-corrected chi connectivity index (χ0v) is 16.2. The Hall–Kier alpha value is -2.25. The molecule has 150 valence electrons. The Morgan fingerprint density at radius 2 is 1.89 bits per heavy atom. The van der Waals surface area contributed by atoms with Crippen molar-refractivity contribution < 1.29 is 22.9 Å². The Morgan fingerprint density at radius 3 is 2.54 bits per heavy atom. The predicted molar refractivity (Wildman–Crippen MR) is 104 cm³/mol. The number of halogens is 4. The van der Waals surface area contributed by atoms with Gasteiger partial charge in [-0.1, -0.05) is 17.7 Å². The highest BCUT2D eigenvalue weighted by atomic mass is 35.5. The first kappa shape index (κ1) is 20.5. The molecule has 1 amide bonds. The molecule has 1 aliphatic heterocycles. The number of amides is 1. The second-order valence-electron chi connectivity index (χ2n) is 6.97. The molecule has 0 aromatic heterocycles. The van der Waals surface area contributed by atoms with E-state index in [4.69, 9.17) is 11.6 Å². The lowest BCUT2D eigenvalue weighted by molar-refractivity contribution is -0.892. The Labute approximate surface area is 166 Å². The molecule has 28 heavy (non-hydrogen) atoms. The summed E-state index contributed by atoms with van der Waals surface area (Å²) in [5, 5.41) is 3.51. The second-order valence-corrected chi connectivity index (χ2v) is 7.41. The van der Waals surface area contributed by atoms with Crippen LogP contribution in [0, 0.1) is 6.92 Å². The molecule has 2 aromatic rings. The quantitative estimate of drug-likeness (QED) is 0.810. The summed E-state index contributed by atoms with van der Waals surface area (Å²) >= 11 is 5.92. The van der Waals surface area contributed by atoms with Crippen molar-refractivity contribution in [1.29, 1.82) is 0 Å². The number of alkyl halides is 3. The molecule has 1 saturated heterocycles. The number of hydrogen-bond donors (Lipinski definition) is 2. The zero-order valence-electron chi connectivity index (χ0n) is 15.4. The number of carbonyl (C=O) groups excluding carboxylic acids is 1. The molecule has 1 aliphatic rings. The normalized spacial score (nSPS) is 15.5. The summed E-state index contributed by atoms with van der Waals surface area (Å²) < 4.78 is 38.7. The fraction of sp³-hybridized carbons (Fsp3) is 0.350. The number of nitrogens with one attached hydrogen (secondary N) is 2. The molecule has 0 aliphatic carbocycles. The molecule has 0 unspecified atom stereocenters. The van der Waals surface area contributed by atoms with E-state index in [-0.39, 0.29) is 5.91 Å². The van der Waals surface area contributed by atoms with E-state index >= 15 is 0 Å². The van der Waals surface area contributed by atoms with Crippen molar-refractivity contribution in [2.75, 3.05) is 42.9 Å². The lowest BCUT2D eigenvalue weighted by Gasteiger charge is -2.33. The van der Waals surface area contributed by atoms with Gasteiger partial charge in [0.1, 0.15) is 0 Å². The number of carbonyl (C=O) groups is 1. The van der Waals surface area contributed by atoms with Crippen LogP contribution in [0.25, 0.3) is 0 Å². The minimum atomic E-state index is -4.35. The maximum absolute atomic E-state index is 12.9. The summed E-state index contributed by atoms with van der Waals surface area (Å²) in [5.41, 5.74) is 1.55. The number of benzene rings is 2. The van der Waals surface area contributed by atoms with Crippen LogP contribution in [0.2, 0.25) is 5.02 Å². The summed E-state index contributed by atoms with van der Waals surface area (Å²) in [4.78, 5) is 15.4. The van der Waals surface area contributed by atoms with Crippen molar-refractivity contribution in [3.63, 3.8) is 0 Å². The summed E-state index contributed by atoms with van der Waals surface area (Å²) in [6.07, 6.45) is -4.35. The smallest absolute Gasteiger partial charge is 0.360 e. The summed E-state index contributed by atoms with van der Waals surface area (Å²) in [5.74, 6) is -0.0899. The minimum Gasteiger partial charge on any atom is -0.360 e. The molecular formula is C20H22ClF3N3O+. The highest BCUT2D eigenvalue weighted by Crippen LogP contribution is 2.31. The molecule has 2 N–H and O–H groups in total. The van der Waals surface area contributed by atoms with Crippen LogP contribution in [0.15, 0.2) is 42.5 Å². The summed E-state index contributed by atoms with van der Waals surface area (Å²) in [6.45, 7) is 4.76. The van der Waals surface area contributed by atoms with Crippen LogP contribution in [0.3, 0.4) is 0 Å². The van der Waals surface area contributed by atoms with Gasteiger partial charge >= 0.3 is 6.18 Å². The summed E-state index contributed by atoms with van der Waals surface area (Å²) in [7, 11) is 0. The van der Waals surface area contributed by atoms with E-state index < -0.39 is 11.7 Å². The van der Waals surface area contributed by atoms with Crippen molar-refractivity contribution in [3.8, 4) is 0 Å². The maximum Gasteiger partial charge on any atom is 0.416 e. The lowest BCUT2D eigenvalue weighted by Crippen LogP contribution is -3.15. The van der Waals surface area contributed by atoms with E-state index in [1.165, 1.54) is 12.1 Å². The third-order valence-corrected chi connectivity index (χ3v) is 5.12. The molecule has 1 fully saturated rings. The van der Waals surface area contributed by atoms with Gasteiger partial charge in [0.15, 0.2) is 6.54 Å². The van der Waals surface area contributed by atoms with E-state index in [0.29, 0.717) is 43.4 Å². The van der Waals surface area contributed by atoms with Gasteiger partial charge < -0.3 is 15.1 Å². The van der Waals surface area contributed by atoms with Crippen molar-refractivity contribution in [1.82, 2.24) is 0 Å². The number of quaternary nitrogens is 1. The van der Waals surface area contributed by atoms with Crippen molar-refractivity contribution in [3.05, 3.63) is 58.6 Å². The SMILES string of the molecule is Cc1cc(Cl)ccc1NC(=O)C[NH+]1CCN(c2cccc(C(F)(F)F)c2)CC1. The molecular weight excluding hydrogens is 391 g/mol. The summed E-state index contributed by atoms with van der Waals surface area (Å²) in [6, 6.07) is 10.7. The van der Waals surface area contributed by atoms with Gasteiger partial charge in [0.2, 0.25) is 0 Å². The average molecular weight is 413 g/mol. The highest BCUT2D eigenvalue weighted by Gasteiger charge is 2.31. The van der Waals surface area contributed by atoms with Crippen LogP contribution in [-0.2, 0) is 11.0 Å². The number of anilines is 2. The van der Waals surface area contributed by atoms with Crippen LogP contribution in [0.1, 0.15) is 11.1 Å². The topological polar surface area (TPSA) is 36.8 Å². The second kappa shape index (κ2) is 8.41. The molecule has 0 spiro atoms. The van der Waals surface area contributed by atoms with Gasteiger partial charge in [-0.3, -0.25) is 4.79 Å². The van der Waals surface area contributed by atoms with E-state index in [9.17, 15) is 18.0 Å². The first-order valence-corrected chi connectivity index (χ1v) is 9.42. The van der Waals surface area contributed by atoms with Crippen LogP contribution in [0.5, 0.6) is 0 Å². The maximum atomic E-state index is 12.9. The van der Waals surface area contributed by atoms with E-state index in [2.05, 4.69) is 5.32 Å². The molecule has 0 bridgehead atoms. The standard InChI is InChI=1S/C20H21ClF3N3O/c1-14-11-16(21)5-6-18(14)25-19(28)13-26-7-9-27(10-8-26)17-4-2-3-15(12-17)20(22,23)24/h2-6,11-12H,7-10,13H2,1H3,(H,25,28)/p+1. The molecule has 0 atom stereocenters. The fourth-order valence-electron chi connectivity index (χ4n) is 3.33. The Kier molecular flexibility index (Phi) is 6.15. The molecule has 3 rings (SSSR count). The number of rotatable bonds is 4. The van der Waals surface area contributed by atoms with Gasteiger partial charge in [-0.2, -0.15) is 13.2 Å². The zero-order chi connectivity index (χ0) is 20.3. The third-order valence-electron chi connectivity index (χ3n) is 4.88. The van der Waals surface area contributed by atoms with E-state index in [1.807, 2.05) is 11.8 Å². The molecule has 2 aromatic carbocycles. The Bertz CT molecular complexity index is 849. The van der Waals surface area contributed by atoms with Gasteiger partial charge in [0, 0.05) is 16.4 Å². The van der Waals surface area contributed by atoms with Gasteiger partial charge in [0.25, 0.3) is 5.91 Å². The average Bonchev–Trinajstić information content (AvgIpc) is 2.64. The highest BCUT2D eigenvalue weighted by molar-refractivity contribution is 6.30. The number of nitrogens with zero attached hydrogens (tertiary/aromatic N) is 1. The van der Waals surface area contributed by atoms with Crippen LogP contribution in [-0.4, -0.2) is 38.6 Å². The number of hydrogen-bond acceptors (Lipinski definition) is 2. The van der Waals surface area contributed by atoms with Gasteiger partial charge in [-0.15, -0.1) is 0 Å². The van der Waals surface area contributed by atoms with Crippen molar-refractivity contribution >= 4 is 28.9 Å². The van der Waals surface area contributed by atoms with Crippen molar-refractivity contribution in [2.24, 2.45) is 0 Å². The molecule has 0 radical (unpaired) electrons. The van der Waals surface area contributed by atoms with Crippen LogP contribution >= 0.6 is 11.6 Å². The predicted octanol–water partition coefficient (Wildman–Crippen LogP) is 3.01. The largest absolute Gasteiger partial charge is 0.416 e. The van der Waals surface area contributed by atoms with Gasteiger partial charge in [-0.05, 0) is 48.9 Å². The minimum absolute atomic E-state index is 0.0899. The van der Waals surface area contributed by atoms with Crippen molar-refractivity contribution in [2.45, 2.75) is 13.1 Å². The monoisotopic (exact) mass is 412 g/mol. The molecule has 4 nitrogen and oxygen atoms in total. The van der Waals surface area contributed by atoms with Crippen LogP contribution < -0.4 is 15.1 Å². The Balaban J connectivity index is 1.53.